The van der Waals surface area contributed by atoms with Gasteiger partial charge in [-0.2, -0.15) is 0 Å². The monoisotopic (exact) mass is 244 g/mol. The average molecular weight is 244 g/mol. The highest BCUT2D eigenvalue weighted by Crippen LogP contribution is 2.21. The standard InChI is InChI=1S/C14H16N2O2/c1-10(2)18-12-5-3-11(4-6-12)13-7-8-15-14(9-17)16-13/h3-8,10,17H,9H2,1-2H3. The highest BCUT2D eigenvalue weighted by Gasteiger charge is 2.03. The van der Waals surface area contributed by atoms with Crippen LogP contribution >= 0.6 is 0 Å². The van der Waals surface area contributed by atoms with Gasteiger partial charge in [0, 0.05) is 11.8 Å². The van der Waals surface area contributed by atoms with Crippen molar-refractivity contribution in [2.75, 3.05) is 0 Å². The molecule has 0 aliphatic rings. The second-order valence-electron chi connectivity index (χ2n) is 4.21. The van der Waals surface area contributed by atoms with Gasteiger partial charge < -0.3 is 9.84 Å². The van der Waals surface area contributed by atoms with Crippen LogP contribution in [-0.2, 0) is 6.61 Å². The Morgan fingerprint density at radius 3 is 2.50 bits per heavy atom. The fourth-order valence-electron chi connectivity index (χ4n) is 1.61. The van der Waals surface area contributed by atoms with Crippen molar-refractivity contribution >= 4 is 0 Å². The van der Waals surface area contributed by atoms with Gasteiger partial charge in [-0.1, -0.05) is 0 Å². The van der Waals surface area contributed by atoms with Crippen LogP contribution in [0.5, 0.6) is 5.75 Å². The molecule has 18 heavy (non-hydrogen) atoms. The first-order chi connectivity index (χ1) is 8.69. The molecule has 0 bridgehead atoms. The summed E-state index contributed by atoms with van der Waals surface area (Å²) < 4.78 is 5.58. The Bertz CT molecular complexity index is 509. The molecule has 4 heteroatoms. The summed E-state index contributed by atoms with van der Waals surface area (Å²) >= 11 is 0. The molecule has 0 saturated heterocycles. The van der Waals surface area contributed by atoms with E-state index in [-0.39, 0.29) is 12.7 Å². The van der Waals surface area contributed by atoms with E-state index in [2.05, 4.69) is 9.97 Å². The average Bonchev–Trinajstić information content (AvgIpc) is 2.39. The molecule has 94 valence electrons. The molecule has 0 aliphatic carbocycles. The fraction of sp³-hybridized carbons (Fsp3) is 0.286. The first-order valence-corrected chi connectivity index (χ1v) is 5.89. The summed E-state index contributed by atoms with van der Waals surface area (Å²) in [5.74, 6) is 1.26. The van der Waals surface area contributed by atoms with Gasteiger partial charge in [-0.3, -0.25) is 0 Å². The van der Waals surface area contributed by atoms with Crippen molar-refractivity contribution < 1.29 is 9.84 Å². The van der Waals surface area contributed by atoms with Crippen LogP contribution in [0.4, 0.5) is 0 Å². The molecule has 0 radical (unpaired) electrons. The van der Waals surface area contributed by atoms with Crippen molar-refractivity contribution in [2.45, 2.75) is 26.6 Å². The minimum absolute atomic E-state index is 0.150. The Morgan fingerprint density at radius 2 is 1.89 bits per heavy atom. The predicted octanol–water partition coefficient (Wildman–Crippen LogP) is 2.42. The number of benzene rings is 1. The largest absolute Gasteiger partial charge is 0.491 e. The van der Waals surface area contributed by atoms with Gasteiger partial charge in [-0.25, -0.2) is 9.97 Å². The number of rotatable bonds is 4. The Labute approximate surface area is 106 Å². The molecule has 0 spiro atoms. The van der Waals surface area contributed by atoms with E-state index in [1.165, 1.54) is 0 Å². The van der Waals surface area contributed by atoms with Gasteiger partial charge in [0.1, 0.15) is 12.4 Å². The molecular formula is C14H16N2O2. The number of hydrogen-bond acceptors (Lipinski definition) is 4. The normalized spacial score (nSPS) is 10.7. The smallest absolute Gasteiger partial charge is 0.154 e. The number of hydrogen-bond donors (Lipinski definition) is 1. The lowest BCUT2D eigenvalue weighted by Crippen LogP contribution is -2.05. The Hall–Kier alpha value is -1.94. The lowest BCUT2D eigenvalue weighted by atomic mass is 10.1. The third-order valence-electron chi connectivity index (χ3n) is 2.37. The molecule has 1 aromatic carbocycles. The van der Waals surface area contributed by atoms with Crippen LogP contribution in [-0.4, -0.2) is 21.2 Å². The highest BCUT2D eigenvalue weighted by molar-refractivity contribution is 5.59. The molecule has 1 heterocycles. The van der Waals surface area contributed by atoms with Crippen molar-refractivity contribution in [3.8, 4) is 17.0 Å². The zero-order chi connectivity index (χ0) is 13.0. The maximum Gasteiger partial charge on any atom is 0.154 e. The molecule has 0 fully saturated rings. The summed E-state index contributed by atoms with van der Waals surface area (Å²) in [4.78, 5) is 8.20. The quantitative estimate of drug-likeness (QED) is 0.897. The van der Waals surface area contributed by atoms with Gasteiger partial charge in [-0.15, -0.1) is 0 Å². The second-order valence-corrected chi connectivity index (χ2v) is 4.21. The topological polar surface area (TPSA) is 55.2 Å². The van der Waals surface area contributed by atoms with Crippen molar-refractivity contribution in [1.82, 2.24) is 9.97 Å². The van der Waals surface area contributed by atoms with Gasteiger partial charge in [0.25, 0.3) is 0 Å². The van der Waals surface area contributed by atoms with Gasteiger partial charge >= 0.3 is 0 Å². The van der Waals surface area contributed by atoms with Crippen LogP contribution < -0.4 is 4.74 Å². The van der Waals surface area contributed by atoms with E-state index in [0.29, 0.717) is 5.82 Å². The summed E-state index contributed by atoms with van der Waals surface area (Å²) in [6.45, 7) is 3.83. The van der Waals surface area contributed by atoms with E-state index >= 15 is 0 Å². The van der Waals surface area contributed by atoms with Crippen molar-refractivity contribution in [3.63, 3.8) is 0 Å². The third kappa shape index (κ3) is 3.05. The van der Waals surface area contributed by atoms with E-state index in [4.69, 9.17) is 9.84 Å². The molecule has 4 nitrogen and oxygen atoms in total. The summed E-state index contributed by atoms with van der Waals surface area (Å²) in [6, 6.07) is 9.53. The van der Waals surface area contributed by atoms with E-state index in [9.17, 15) is 0 Å². The van der Waals surface area contributed by atoms with Crippen molar-refractivity contribution in [1.29, 1.82) is 0 Å². The van der Waals surface area contributed by atoms with Gasteiger partial charge in [0.05, 0.1) is 11.8 Å². The zero-order valence-corrected chi connectivity index (χ0v) is 10.5. The molecule has 1 aromatic heterocycles. The Kier molecular flexibility index (Phi) is 3.89. The summed E-state index contributed by atoms with van der Waals surface area (Å²) in [5.41, 5.74) is 1.77. The molecule has 1 N–H and O–H groups in total. The molecule has 0 aliphatic heterocycles. The lowest BCUT2D eigenvalue weighted by Gasteiger charge is -2.10. The number of aromatic nitrogens is 2. The number of aliphatic hydroxyl groups excluding tert-OH is 1. The van der Waals surface area contributed by atoms with E-state index < -0.39 is 0 Å². The van der Waals surface area contributed by atoms with E-state index in [1.54, 1.807) is 6.20 Å². The minimum Gasteiger partial charge on any atom is -0.491 e. The molecular weight excluding hydrogens is 228 g/mol. The van der Waals surface area contributed by atoms with Crippen LogP contribution in [0.15, 0.2) is 36.5 Å². The van der Waals surface area contributed by atoms with E-state index in [1.807, 2.05) is 44.2 Å². The third-order valence-corrected chi connectivity index (χ3v) is 2.37. The first-order valence-electron chi connectivity index (χ1n) is 5.89. The summed E-state index contributed by atoms with van der Waals surface area (Å²) in [5, 5.41) is 9.01. The van der Waals surface area contributed by atoms with Crippen molar-refractivity contribution in [2.24, 2.45) is 0 Å². The maximum absolute atomic E-state index is 9.01. The first kappa shape index (κ1) is 12.5. The van der Waals surface area contributed by atoms with Gasteiger partial charge in [0.15, 0.2) is 5.82 Å². The van der Waals surface area contributed by atoms with Gasteiger partial charge in [0.2, 0.25) is 0 Å². The molecule has 0 saturated carbocycles. The maximum atomic E-state index is 9.01. The predicted molar refractivity (Wildman–Crippen MR) is 69.2 cm³/mol. The Morgan fingerprint density at radius 1 is 1.17 bits per heavy atom. The fourth-order valence-corrected chi connectivity index (χ4v) is 1.61. The lowest BCUT2D eigenvalue weighted by molar-refractivity contribution is 0.242. The number of nitrogens with zero attached hydrogens (tertiary/aromatic N) is 2. The van der Waals surface area contributed by atoms with Crippen LogP contribution in [0.2, 0.25) is 0 Å². The summed E-state index contributed by atoms with van der Waals surface area (Å²) in [6.07, 6.45) is 1.81. The van der Waals surface area contributed by atoms with Crippen LogP contribution in [0.25, 0.3) is 11.3 Å². The van der Waals surface area contributed by atoms with Crippen molar-refractivity contribution in [3.05, 3.63) is 42.4 Å². The van der Waals surface area contributed by atoms with E-state index in [0.717, 1.165) is 17.0 Å². The molecule has 2 rings (SSSR count). The molecule has 0 atom stereocenters. The SMILES string of the molecule is CC(C)Oc1ccc(-c2ccnc(CO)n2)cc1. The Balaban J connectivity index is 2.22. The molecule has 2 aromatic rings. The number of aliphatic hydroxyl groups is 1. The van der Waals surface area contributed by atoms with Gasteiger partial charge in [-0.05, 0) is 44.2 Å². The minimum atomic E-state index is -0.150. The highest BCUT2D eigenvalue weighted by atomic mass is 16.5. The molecule has 0 unspecified atom stereocenters. The molecule has 0 amide bonds. The van der Waals surface area contributed by atoms with Crippen LogP contribution in [0.1, 0.15) is 19.7 Å². The second kappa shape index (κ2) is 5.60. The summed E-state index contributed by atoms with van der Waals surface area (Å²) in [7, 11) is 0. The zero-order valence-electron chi connectivity index (χ0n) is 10.5. The van der Waals surface area contributed by atoms with Crippen LogP contribution in [0, 0.1) is 0 Å². The number of ether oxygens (including phenoxy) is 1. The van der Waals surface area contributed by atoms with Crippen LogP contribution in [0.3, 0.4) is 0 Å².